The van der Waals surface area contributed by atoms with Crippen molar-refractivity contribution in [3.63, 3.8) is 0 Å². The van der Waals surface area contributed by atoms with Crippen LogP contribution in [0.1, 0.15) is 20.8 Å². The second kappa shape index (κ2) is 4.92. The summed E-state index contributed by atoms with van der Waals surface area (Å²) < 4.78 is 5.58. The summed E-state index contributed by atoms with van der Waals surface area (Å²) in [4.78, 5) is 12.8. The topological polar surface area (TPSA) is 75.8 Å². The molecule has 0 aromatic carbocycles. The first-order valence-electron chi connectivity index (χ1n) is 5.29. The summed E-state index contributed by atoms with van der Waals surface area (Å²) in [6, 6.07) is -0.987. The summed E-state index contributed by atoms with van der Waals surface area (Å²) in [5.41, 5.74) is 5.60. The van der Waals surface area contributed by atoms with E-state index >= 15 is 0 Å². The van der Waals surface area contributed by atoms with E-state index in [1.807, 2.05) is 20.8 Å². The molecular formula is C10H20N2O3. The van der Waals surface area contributed by atoms with Crippen LogP contribution in [0.2, 0.25) is 0 Å². The molecule has 3 N–H and O–H groups in total. The number of hydrogen-bond acceptors (Lipinski definition) is 4. The van der Waals surface area contributed by atoms with Gasteiger partial charge < -0.3 is 15.6 Å². The van der Waals surface area contributed by atoms with Crippen LogP contribution in [0.5, 0.6) is 0 Å². The Hall–Kier alpha value is -0.650. The molecule has 5 nitrogen and oxygen atoms in total. The Balaban J connectivity index is 2.58. The average Bonchev–Trinajstić information content (AvgIpc) is 2.13. The molecule has 0 amide bonds. The maximum Gasteiger partial charge on any atom is 0.322 e. The third kappa shape index (κ3) is 3.15. The number of carboxylic acids is 1. The largest absolute Gasteiger partial charge is 0.480 e. The monoisotopic (exact) mass is 216 g/mol. The SMILES string of the molecule is CC1CN(C(C)C(N)C(=O)O)CC(C)O1. The van der Waals surface area contributed by atoms with Gasteiger partial charge >= 0.3 is 5.97 Å². The fourth-order valence-electron chi connectivity index (χ4n) is 1.98. The predicted molar refractivity (Wildman–Crippen MR) is 56.7 cm³/mol. The molecule has 0 radical (unpaired) electrons. The summed E-state index contributed by atoms with van der Waals surface area (Å²) in [7, 11) is 0. The van der Waals surface area contributed by atoms with Crippen LogP contribution < -0.4 is 5.73 Å². The Bertz CT molecular complexity index is 225. The van der Waals surface area contributed by atoms with Crippen LogP contribution in [0, 0.1) is 0 Å². The van der Waals surface area contributed by atoms with Crippen LogP contribution in [0.25, 0.3) is 0 Å². The van der Waals surface area contributed by atoms with Gasteiger partial charge in [-0.1, -0.05) is 0 Å². The first-order valence-corrected chi connectivity index (χ1v) is 5.29. The highest BCUT2D eigenvalue weighted by atomic mass is 16.5. The van der Waals surface area contributed by atoms with Crippen LogP contribution in [-0.2, 0) is 9.53 Å². The van der Waals surface area contributed by atoms with Crippen molar-refractivity contribution in [1.82, 2.24) is 4.90 Å². The quantitative estimate of drug-likeness (QED) is 0.688. The van der Waals surface area contributed by atoms with Gasteiger partial charge in [-0.15, -0.1) is 0 Å². The lowest BCUT2D eigenvalue weighted by molar-refractivity contribution is -0.142. The van der Waals surface area contributed by atoms with Gasteiger partial charge in [0.15, 0.2) is 0 Å². The van der Waals surface area contributed by atoms with Gasteiger partial charge in [-0.2, -0.15) is 0 Å². The van der Waals surface area contributed by atoms with Crippen molar-refractivity contribution >= 4 is 5.97 Å². The van der Waals surface area contributed by atoms with Gasteiger partial charge in [-0.05, 0) is 20.8 Å². The summed E-state index contributed by atoms with van der Waals surface area (Å²) in [6.07, 6.45) is 0.273. The molecule has 0 aliphatic carbocycles. The van der Waals surface area contributed by atoms with E-state index < -0.39 is 12.0 Å². The highest BCUT2D eigenvalue weighted by Gasteiger charge is 2.31. The molecule has 4 unspecified atom stereocenters. The minimum Gasteiger partial charge on any atom is -0.480 e. The Morgan fingerprint density at radius 3 is 2.33 bits per heavy atom. The number of morpholine rings is 1. The van der Waals surface area contributed by atoms with E-state index in [1.54, 1.807) is 0 Å². The molecule has 0 aromatic heterocycles. The summed E-state index contributed by atoms with van der Waals surface area (Å²) >= 11 is 0. The molecular weight excluding hydrogens is 196 g/mol. The molecule has 1 rings (SSSR count). The second-order valence-corrected chi connectivity index (χ2v) is 4.32. The Kier molecular flexibility index (Phi) is 4.07. The molecule has 0 spiro atoms. The van der Waals surface area contributed by atoms with Crippen LogP contribution in [0.3, 0.4) is 0 Å². The maximum absolute atomic E-state index is 10.8. The molecule has 1 fully saturated rings. The van der Waals surface area contributed by atoms with Crippen LogP contribution in [-0.4, -0.2) is 53.4 Å². The fraction of sp³-hybridized carbons (Fsp3) is 0.900. The highest BCUT2D eigenvalue weighted by Crippen LogP contribution is 2.14. The van der Waals surface area contributed by atoms with Crippen molar-refractivity contribution in [2.75, 3.05) is 13.1 Å². The number of carboxylic acid groups (broad SMARTS) is 1. The molecule has 5 heteroatoms. The molecule has 0 saturated carbocycles. The first kappa shape index (κ1) is 12.4. The Morgan fingerprint density at radius 2 is 1.93 bits per heavy atom. The molecule has 1 aliphatic heterocycles. The second-order valence-electron chi connectivity index (χ2n) is 4.32. The number of hydrogen-bond donors (Lipinski definition) is 2. The molecule has 15 heavy (non-hydrogen) atoms. The zero-order chi connectivity index (χ0) is 11.6. The normalized spacial score (nSPS) is 32.3. The van der Waals surface area contributed by atoms with Gasteiger partial charge in [0, 0.05) is 19.1 Å². The van der Waals surface area contributed by atoms with Gasteiger partial charge in [-0.3, -0.25) is 9.69 Å². The average molecular weight is 216 g/mol. The van der Waals surface area contributed by atoms with Crippen LogP contribution in [0.15, 0.2) is 0 Å². The zero-order valence-electron chi connectivity index (χ0n) is 9.51. The first-order chi connectivity index (χ1) is 6.91. The van der Waals surface area contributed by atoms with E-state index in [-0.39, 0.29) is 18.2 Å². The van der Waals surface area contributed by atoms with Gasteiger partial charge in [0.05, 0.1) is 12.2 Å². The van der Waals surface area contributed by atoms with Crippen LogP contribution in [0.4, 0.5) is 0 Å². The predicted octanol–water partition coefficient (Wildman–Crippen LogP) is -0.104. The fourth-order valence-corrected chi connectivity index (χ4v) is 1.98. The molecule has 1 heterocycles. The molecule has 1 aliphatic rings. The maximum atomic E-state index is 10.8. The number of nitrogens with zero attached hydrogens (tertiary/aromatic N) is 1. The van der Waals surface area contributed by atoms with Crippen molar-refractivity contribution in [3.8, 4) is 0 Å². The van der Waals surface area contributed by atoms with E-state index in [9.17, 15) is 4.79 Å². The molecule has 1 saturated heterocycles. The highest BCUT2D eigenvalue weighted by molar-refractivity contribution is 5.74. The number of rotatable bonds is 3. The van der Waals surface area contributed by atoms with E-state index in [1.165, 1.54) is 0 Å². The lowest BCUT2D eigenvalue weighted by Crippen LogP contribution is -2.56. The van der Waals surface area contributed by atoms with Crippen LogP contribution >= 0.6 is 0 Å². The standard InChI is InChI=1S/C10H20N2O3/c1-6-4-12(5-7(2)15-6)8(3)9(11)10(13)14/h6-9H,4-5,11H2,1-3H3,(H,13,14). The van der Waals surface area contributed by atoms with Gasteiger partial charge in [0.1, 0.15) is 6.04 Å². The van der Waals surface area contributed by atoms with Crippen molar-refractivity contribution < 1.29 is 14.6 Å². The molecule has 88 valence electrons. The van der Waals surface area contributed by atoms with Crippen molar-refractivity contribution in [3.05, 3.63) is 0 Å². The Labute approximate surface area is 90.2 Å². The van der Waals surface area contributed by atoms with Crippen molar-refractivity contribution in [2.24, 2.45) is 5.73 Å². The number of carbonyl (C=O) groups is 1. The van der Waals surface area contributed by atoms with E-state index in [0.29, 0.717) is 0 Å². The summed E-state index contributed by atoms with van der Waals surface area (Å²) in [5, 5.41) is 8.83. The van der Waals surface area contributed by atoms with Crippen molar-refractivity contribution in [1.29, 1.82) is 0 Å². The molecule has 0 bridgehead atoms. The lowest BCUT2D eigenvalue weighted by atomic mass is 10.1. The van der Waals surface area contributed by atoms with E-state index in [0.717, 1.165) is 13.1 Å². The van der Waals surface area contributed by atoms with Gasteiger partial charge in [-0.25, -0.2) is 0 Å². The van der Waals surface area contributed by atoms with Gasteiger partial charge in [0.25, 0.3) is 0 Å². The molecule has 0 aromatic rings. The summed E-state index contributed by atoms with van der Waals surface area (Å²) in [5.74, 6) is -0.950. The zero-order valence-corrected chi connectivity index (χ0v) is 9.51. The van der Waals surface area contributed by atoms with E-state index in [4.69, 9.17) is 15.6 Å². The third-order valence-electron chi connectivity index (χ3n) is 2.83. The van der Waals surface area contributed by atoms with Gasteiger partial charge in [0.2, 0.25) is 0 Å². The third-order valence-corrected chi connectivity index (χ3v) is 2.83. The number of ether oxygens (including phenoxy) is 1. The minimum absolute atomic E-state index is 0.136. The molecule has 4 atom stereocenters. The lowest BCUT2D eigenvalue weighted by Gasteiger charge is -2.39. The number of nitrogens with two attached hydrogens (primary N) is 1. The summed E-state index contributed by atoms with van der Waals surface area (Å²) in [6.45, 7) is 7.31. The Morgan fingerprint density at radius 1 is 1.47 bits per heavy atom. The van der Waals surface area contributed by atoms with Crippen molar-refractivity contribution in [2.45, 2.75) is 45.1 Å². The smallest absolute Gasteiger partial charge is 0.322 e. The van der Waals surface area contributed by atoms with E-state index in [2.05, 4.69) is 4.90 Å². The number of aliphatic carboxylic acids is 1. The minimum atomic E-state index is -0.950.